The van der Waals surface area contributed by atoms with Gasteiger partial charge in [0.25, 0.3) is 0 Å². The molecule has 1 atom stereocenters. The third-order valence-electron chi connectivity index (χ3n) is 3.78. The zero-order chi connectivity index (χ0) is 20.1. The number of phosphoric ester groups is 1. The summed E-state index contributed by atoms with van der Waals surface area (Å²) in [5.41, 5.74) is -1.07. The summed E-state index contributed by atoms with van der Waals surface area (Å²) in [5.74, 6) is -2.72. The van der Waals surface area contributed by atoms with Gasteiger partial charge < -0.3 is 25.1 Å². The SMILES string of the molecule is Cc1ncc(COP(=O)(O)O)c(CN[C@@](C)(CCC(=O)O)C(=O)O)c1O. The molecule has 0 saturated heterocycles. The van der Waals surface area contributed by atoms with Crippen molar-refractivity contribution >= 4 is 19.8 Å². The predicted molar refractivity (Wildman–Crippen MR) is 87.2 cm³/mol. The third kappa shape index (κ3) is 6.36. The van der Waals surface area contributed by atoms with Crippen molar-refractivity contribution in [2.45, 2.75) is 45.4 Å². The van der Waals surface area contributed by atoms with Crippen molar-refractivity contribution in [3.8, 4) is 5.75 Å². The zero-order valence-electron chi connectivity index (χ0n) is 14.2. The van der Waals surface area contributed by atoms with Crippen LogP contribution in [-0.2, 0) is 31.8 Å². The van der Waals surface area contributed by atoms with Gasteiger partial charge in [-0.15, -0.1) is 0 Å². The van der Waals surface area contributed by atoms with E-state index in [9.17, 15) is 24.4 Å². The first-order chi connectivity index (χ1) is 11.9. The smallest absolute Gasteiger partial charge is 0.469 e. The van der Waals surface area contributed by atoms with Crippen LogP contribution in [0.4, 0.5) is 0 Å². The Morgan fingerprint density at radius 2 is 1.96 bits per heavy atom. The van der Waals surface area contributed by atoms with Crippen LogP contribution >= 0.6 is 7.82 Å². The fraction of sp³-hybridized carbons (Fsp3) is 0.500. The summed E-state index contributed by atoms with van der Waals surface area (Å²) in [5, 5.41) is 31.0. The van der Waals surface area contributed by atoms with Gasteiger partial charge in [0.05, 0.1) is 12.3 Å². The molecule has 0 unspecified atom stereocenters. The lowest BCUT2D eigenvalue weighted by molar-refractivity contribution is -0.145. The van der Waals surface area contributed by atoms with Gasteiger partial charge in [0.1, 0.15) is 11.3 Å². The molecule has 0 aliphatic rings. The summed E-state index contributed by atoms with van der Waals surface area (Å²) < 4.78 is 15.3. The standard InChI is InChI=1S/C14H21N2O9P/c1-8-12(19)10(9(5-15-8)7-25-26(22,23)24)6-16-14(2,13(20)21)4-3-11(17)18/h5,16,19H,3-4,6-7H2,1-2H3,(H,17,18)(H,20,21)(H2,22,23,24)/t14-/m0/s1. The molecule has 1 aromatic heterocycles. The van der Waals surface area contributed by atoms with E-state index in [0.717, 1.165) is 0 Å². The van der Waals surface area contributed by atoms with Crippen LogP contribution in [-0.4, -0.2) is 47.6 Å². The molecule has 26 heavy (non-hydrogen) atoms. The van der Waals surface area contributed by atoms with Gasteiger partial charge in [-0.1, -0.05) is 0 Å². The third-order valence-corrected chi connectivity index (χ3v) is 4.25. The molecular formula is C14H21N2O9P. The number of aryl methyl sites for hydroxylation is 1. The number of phosphoric acid groups is 1. The average molecular weight is 392 g/mol. The number of aromatic hydroxyl groups is 1. The van der Waals surface area contributed by atoms with Gasteiger partial charge in [0.15, 0.2) is 0 Å². The number of nitrogens with one attached hydrogen (secondary N) is 1. The first kappa shape index (κ1) is 22.0. The Balaban J connectivity index is 3.05. The molecule has 6 N–H and O–H groups in total. The second-order valence-electron chi connectivity index (χ2n) is 5.84. The average Bonchev–Trinajstić information content (AvgIpc) is 2.52. The number of aliphatic carboxylic acids is 2. The van der Waals surface area contributed by atoms with Gasteiger partial charge in [-0.25, -0.2) is 4.57 Å². The maximum absolute atomic E-state index is 11.5. The molecule has 0 aliphatic heterocycles. The molecule has 0 radical (unpaired) electrons. The molecule has 0 aliphatic carbocycles. The molecule has 0 fully saturated rings. The van der Waals surface area contributed by atoms with Crippen molar-refractivity contribution < 1.29 is 43.8 Å². The Kier molecular flexibility index (Phi) is 7.25. The van der Waals surface area contributed by atoms with E-state index in [0.29, 0.717) is 0 Å². The highest BCUT2D eigenvalue weighted by Crippen LogP contribution is 2.38. The highest BCUT2D eigenvalue weighted by atomic mass is 31.2. The lowest BCUT2D eigenvalue weighted by Crippen LogP contribution is -2.49. The molecule has 1 aromatic rings. The molecule has 0 bridgehead atoms. The Morgan fingerprint density at radius 3 is 2.46 bits per heavy atom. The molecule has 0 saturated carbocycles. The minimum atomic E-state index is -4.76. The molecular weight excluding hydrogens is 371 g/mol. The zero-order valence-corrected chi connectivity index (χ0v) is 15.1. The molecule has 1 heterocycles. The van der Waals surface area contributed by atoms with Crippen LogP contribution in [0.1, 0.15) is 36.6 Å². The van der Waals surface area contributed by atoms with Gasteiger partial charge in [0.2, 0.25) is 0 Å². The molecule has 0 spiro atoms. The Hall–Kier alpha value is -2.04. The Bertz CT molecular complexity index is 733. The number of carboxylic acids is 2. The molecule has 0 aromatic carbocycles. The summed E-state index contributed by atoms with van der Waals surface area (Å²) in [6, 6.07) is 0. The second-order valence-corrected chi connectivity index (χ2v) is 7.08. The van der Waals surface area contributed by atoms with E-state index in [-0.39, 0.29) is 42.0 Å². The summed E-state index contributed by atoms with van der Waals surface area (Å²) >= 11 is 0. The Morgan fingerprint density at radius 1 is 1.35 bits per heavy atom. The van der Waals surface area contributed by atoms with Crippen LogP contribution in [0.25, 0.3) is 0 Å². The van der Waals surface area contributed by atoms with Crippen LogP contribution in [0.3, 0.4) is 0 Å². The number of carboxylic acid groups (broad SMARTS) is 2. The summed E-state index contributed by atoms with van der Waals surface area (Å²) in [7, 11) is -4.76. The quantitative estimate of drug-likeness (QED) is 0.304. The molecule has 12 heteroatoms. The van der Waals surface area contributed by atoms with E-state index in [1.54, 1.807) is 0 Å². The van der Waals surface area contributed by atoms with Crippen LogP contribution in [0.5, 0.6) is 5.75 Å². The van der Waals surface area contributed by atoms with Crippen molar-refractivity contribution in [2.75, 3.05) is 0 Å². The van der Waals surface area contributed by atoms with E-state index >= 15 is 0 Å². The first-order valence-electron chi connectivity index (χ1n) is 7.42. The Labute approximate surface area is 148 Å². The molecule has 11 nitrogen and oxygen atoms in total. The van der Waals surface area contributed by atoms with E-state index < -0.39 is 31.9 Å². The predicted octanol–water partition coefficient (Wildman–Crippen LogP) is 0.503. The van der Waals surface area contributed by atoms with E-state index in [1.807, 2.05) is 0 Å². The van der Waals surface area contributed by atoms with Gasteiger partial charge >= 0.3 is 19.8 Å². The lowest BCUT2D eigenvalue weighted by Gasteiger charge is -2.26. The van der Waals surface area contributed by atoms with Gasteiger partial charge in [-0.05, 0) is 20.3 Å². The van der Waals surface area contributed by atoms with Crippen LogP contribution in [0.2, 0.25) is 0 Å². The highest BCUT2D eigenvalue weighted by Gasteiger charge is 2.33. The first-order valence-corrected chi connectivity index (χ1v) is 8.95. The number of hydrogen-bond donors (Lipinski definition) is 6. The minimum Gasteiger partial charge on any atom is -0.506 e. The summed E-state index contributed by atoms with van der Waals surface area (Å²) in [6.07, 6.45) is 0.652. The van der Waals surface area contributed by atoms with Crippen LogP contribution in [0, 0.1) is 6.92 Å². The topological polar surface area (TPSA) is 187 Å². The van der Waals surface area contributed by atoms with Gasteiger partial charge in [-0.3, -0.25) is 24.4 Å². The fourth-order valence-electron chi connectivity index (χ4n) is 2.07. The maximum atomic E-state index is 11.5. The van der Waals surface area contributed by atoms with Crippen molar-refractivity contribution in [1.82, 2.24) is 10.3 Å². The molecule has 146 valence electrons. The number of carbonyl (C=O) groups is 2. The maximum Gasteiger partial charge on any atom is 0.469 e. The molecule has 0 amide bonds. The van der Waals surface area contributed by atoms with Crippen molar-refractivity contribution in [1.29, 1.82) is 0 Å². The summed E-state index contributed by atoms with van der Waals surface area (Å²) in [4.78, 5) is 43.7. The van der Waals surface area contributed by atoms with Gasteiger partial charge in [-0.2, -0.15) is 0 Å². The van der Waals surface area contributed by atoms with Gasteiger partial charge in [0, 0.05) is 30.3 Å². The van der Waals surface area contributed by atoms with Crippen LogP contribution in [0.15, 0.2) is 6.20 Å². The number of nitrogens with zero attached hydrogens (tertiary/aromatic N) is 1. The van der Waals surface area contributed by atoms with E-state index in [1.165, 1.54) is 20.0 Å². The highest BCUT2D eigenvalue weighted by molar-refractivity contribution is 7.46. The number of rotatable bonds is 10. The minimum absolute atomic E-state index is 0.147. The lowest BCUT2D eigenvalue weighted by atomic mass is 9.95. The van der Waals surface area contributed by atoms with Crippen molar-refractivity contribution in [3.63, 3.8) is 0 Å². The number of hydrogen-bond acceptors (Lipinski definition) is 7. The largest absolute Gasteiger partial charge is 0.506 e. The normalized spacial score (nSPS) is 14.0. The molecule has 1 rings (SSSR count). The number of aromatic nitrogens is 1. The van der Waals surface area contributed by atoms with Crippen molar-refractivity contribution in [2.24, 2.45) is 0 Å². The second kappa shape index (κ2) is 8.56. The summed E-state index contributed by atoms with van der Waals surface area (Å²) in [6.45, 7) is 2.03. The number of pyridine rings is 1. The van der Waals surface area contributed by atoms with Crippen LogP contribution < -0.4 is 5.32 Å². The monoisotopic (exact) mass is 392 g/mol. The van der Waals surface area contributed by atoms with E-state index in [4.69, 9.17) is 14.9 Å². The van der Waals surface area contributed by atoms with Crippen molar-refractivity contribution in [3.05, 3.63) is 23.0 Å². The van der Waals surface area contributed by atoms with E-state index in [2.05, 4.69) is 14.8 Å². The fourth-order valence-corrected chi connectivity index (χ4v) is 2.38.